The van der Waals surface area contributed by atoms with E-state index in [0.717, 1.165) is 5.56 Å². The second kappa shape index (κ2) is 5.92. The van der Waals surface area contributed by atoms with Gasteiger partial charge in [-0.25, -0.2) is 4.79 Å². The molecule has 4 nitrogen and oxygen atoms in total. The quantitative estimate of drug-likeness (QED) is 0.457. The molecule has 0 amide bonds. The third-order valence-corrected chi connectivity index (χ3v) is 2.04. The zero-order chi connectivity index (χ0) is 12.0. The minimum Gasteiger partial charge on any atom is -0.463 e. The van der Waals surface area contributed by atoms with Crippen LogP contribution in [0.2, 0.25) is 0 Å². The Kier molecular flexibility index (Phi) is 4.54. The number of ether oxygens (including phenoxy) is 1. The number of aliphatic hydroxyl groups is 1. The SMILES string of the molecule is CCOC(=O)C=Cc1ccc(N)c(CO)c1. The molecule has 0 radical (unpaired) electrons. The standard InChI is InChI=1S/C12H15NO3/c1-2-16-12(15)6-4-9-3-5-11(13)10(7-9)8-14/h3-7,14H,2,8,13H2,1H3. The molecule has 1 aromatic carbocycles. The zero-order valence-electron chi connectivity index (χ0n) is 9.14. The van der Waals surface area contributed by atoms with Gasteiger partial charge in [0.2, 0.25) is 0 Å². The summed E-state index contributed by atoms with van der Waals surface area (Å²) in [4.78, 5) is 11.1. The van der Waals surface area contributed by atoms with E-state index >= 15 is 0 Å². The van der Waals surface area contributed by atoms with E-state index in [9.17, 15) is 4.79 Å². The van der Waals surface area contributed by atoms with Crippen LogP contribution in [0.1, 0.15) is 18.1 Å². The number of esters is 1. The second-order valence-corrected chi connectivity index (χ2v) is 3.20. The lowest BCUT2D eigenvalue weighted by molar-refractivity contribution is -0.137. The fourth-order valence-electron chi connectivity index (χ4n) is 1.22. The Labute approximate surface area is 94.3 Å². The number of anilines is 1. The maximum absolute atomic E-state index is 11.1. The topological polar surface area (TPSA) is 72.5 Å². The molecule has 16 heavy (non-hydrogen) atoms. The summed E-state index contributed by atoms with van der Waals surface area (Å²) in [5.74, 6) is -0.384. The van der Waals surface area contributed by atoms with E-state index < -0.39 is 0 Å². The van der Waals surface area contributed by atoms with Crippen molar-refractivity contribution in [1.82, 2.24) is 0 Å². The van der Waals surface area contributed by atoms with E-state index in [2.05, 4.69) is 0 Å². The summed E-state index contributed by atoms with van der Waals surface area (Å²) < 4.78 is 4.74. The van der Waals surface area contributed by atoms with Crippen molar-refractivity contribution in [2.75, 3.05) is 12.3 Å². The molecule has 4 heteroatoms. The number of nitrogens with two attached hydrogens (primary N) is 1. The average molecular weight is 221 g/mol. The van der Waals surface area contributed by atoms with Crippen molar-refractivity contribution in [3.05, 3.63) is 35.4 Å². The minimum absolute atomic E-state index is 0.118. The normalized spacial score (nSPS) is 10.6. The maximum Gasteiger partial charge on any atom is 0.330 e. The van der Waals surface area contributed by atoms with Gasteiger partial charge in [-0.2, -0.15) is 0 Å². The Morgan fingerprint density at radius 3 is 2.94 bits per heavy atom. The first-order valence-corrected chi connectivity index (χ1v) is 5.01. The second-order valence-electron chi connectivity index (χ2n) is 3.20. The fraction of sp³-hybridized carbons (Fsp3) is 0.250. The molecule has 0 aromatic heterocycles. The summed E-state index contributed by atoms with van der Waals surface area (Å²) in [6, 6.07) is 5.19. The average Bonchev–Trinajstić information content (AvgIpc) is 2.28. The van der Waals surface area contributed by atoms with Crippen LogP contribution in [-0.4, -0.2) is 17.7 Å². The van der Waals surface area contributed by atoms with Crippen LogP contribution >= 0.6 is 0 Å². The molecule has 0 spiro atoms. The molecule has 0 atom stereocenters. The molecule has 0 heterocycles. The summed E-state index contributed by atoms with van der Waals surface area (Å²) in [7, 11) is 0. The highest BCUT2D eigenvalue weighted by Gasteiger charge is 1.99. The molecule has 0 bridgehead atoms. The van der Waals surface area contributed by atoms with Crippen LogP contribution in [0.5, 0.6) is 0 Å². The van der Waals surface area contributed by atoms with Gasteiger partial charge in [-0.1, -0.05) is 6.07 Å². The van der Waals surface area contributed by atoms with Crippen molar-refractivity contribution in [1.29, 1.82) is 0 Å². The Hall–Kier alpha value is -1.81. The lowest BCUT2D eigenvalue weighted by atomic mass is 10.1. The van der Waals surface area contributed by atoms with E-state index in [1.54, 1.807) is 31.2 Å². The highest BCUT2D eigenvalue weighted by molar-refractivity contribution is 5.87. The highest BCUT2D eigenvalue weighted by atomic mass is 16.5. The number of nitrogen functional groups attached to an aromatic ring is 1. The van der Waals surface area contributed by atoms with Gasteiger partial charge in [0.1, 0.15) is 0 Å². The molecule has 0 saturated heterocycles. The molecule has 0 saturated carbocycles. The van der Waals surface area contributed by atoms with Gasteiger partial charge in [-0.05, 0) is 30.7 Å². The third-order valence-electron chi connectivity index (χ3n) is 2.04. The Morgan fingerprint density at radius 1 is 1.56 bits per heavy atom. The van der Waals surface area contributed by atoms with Crippen LogP contribution in [0.3, 0.4) is 0 Å². The van der Waals surface area contributed by atoms with Crippen LogP contribution in [-0.2, 0) is 16.1 Å². The molecule has 1 rings (SSSR count). The number of rotatable bonds is 4. The molecule has 0 aliphatic heterocycles. The fourth-order valence-corrected chi connectivity index (χ4v) is 1.22. The van der Waals surface area contributed by atoms with Gasteiger partial charge in [-0.3, -0.25) is 0 Å². The van der Waals surface area contributed by atoms with Gasteiger partial charge in [0.05, 0.1) is 13.2 Å². The van der Waals surface area contributed by atoms with Crippen LogP contribution in [0.4, 0.5) is 5.69 Å². The van der Waals surface area contributed by atoms with Crippen molar-refractivity contribution < 1.29 is 14.6 Å². The molecular weight excluding hydrogens is 206 g/mol. The van der Waals surface area contributed by atoms with Gasteiger partial charge in [0.25, 0.3) is 0 Å². The Bertz CT molecular complexity index is 399. The predicted molar refractivity (Wildman–Crippen MR) is 62.4 cm³/mol. The van der Waals surface area contributed by atoms with Crippen molar-refractivity contribution in [2.45, 2.75) is 13.5 Å². The summed E-state index contributed by atoms with van der Waals surface area (Å²) in [6.45, 7) is 1.98. The summed E-state index contributed by atoms with van der Waals surface area (Å²) in [6.07, 6.45) is 2.97. The van der Waals surface area contributed by atoms with Crippen molar-refractivity contribution in [2.24, 2.45) is 0 Å². The largest absolute Gasteiger partial charge is 0.463 e. The van der Waals surface area contributed by atoms with E-state index in [-0.39, 0.29) is 12.6 Å². The van der Waals surface area contributed by atoms with Crippen LogP contribution in [0.25, 0.3) is 6.08 Å². The maximum atomic E-state index is 11.1. The summed E-state index contributed by atoms with van der Waals surface area (Å²) in [5, 5.41) is 9.01. The summed E-state index contributed by atoms with van der Waals surface area (Å²) >= 11 is 0. The van der Waals surface area contributed by atoms with Gasteiger partial charge in [0.15, 0.2) is 0 Å². The van der Waals surface area contributed by atoms with Gasteiger partial charge in [0, 0.05) is 17.3 Å². The molecule has 1 aromatic rings. The van der Waals surface area contributed by atoms with Crippen LogP contribution < -0.4 is 5.73 Å². The number of benzene rings is 1. The molecule has 86 valence electrons. The van der Waals surface area contributed by atoms with E-state index in [1.807, 2.05) is 0 Å². The highest BCUT2D eigenvalue weighted by Crippen LogP contribution is 2.15. The molecule has 0 aliphatic carbocycles. The lowest BCUT2D eigenvalue weighted by Crippen LogP contribution is -1.99. The van der Waals surface area contributed by atoms with Gasteiger partial charge >= 0.3 is 5.97 Å². The van der Waals surface area contributed by atoms with Crippen LogP contribution in [0.15, 0.2) is 24.3 Å². The zero-order valence-corrected chi connectivity index (χ0v) is 9.14. The minimum atomic E-state index is -0.384. The van der Waals surface area contributed by atoms with E-state index in [0.29, 0.717) is 17.9 Å². The Balaban J connectivity index is 2.78. The first kappa shape index (κ1) is 12.3. The molecule has 0 fully saturated rings. The number of aliphatic hydroxyl groups excluding tert-OH is 1. The number of hydrogen-bond donors (Lipinski definition) is 2. The van der Waals surface area contributed by atoms with E-state index in [4.69, 9.17) is 15.6 Å². The number of carbonyl (C=O) groups is 1. The lowest BCUT2D eigenvalue weighted by Gasteiger charge is -2.03. The Morgan fingerprint density at radius 2 is 2.31 bits per heavy atom. The van der Waals surface area contributed by atoms with Crippen molar-refractivity contribution in [3.8, 4) is 0 Å². The molecule has 0 unspecified atom stereocenters. The smallest absolute Gasteiger partial charge is 0.330 e. The van der Waals surface area contributed by atoms with Crippen molar-refractivity contribution >= 4 is 17.7 Å². The monoisotopic (exact) mass is 221 g/mol. The number of hydrogen-bond acceptors (Lipinski definition) is 4. The predicted octanol–water partition coefficient (Wildman–Crippen LogP) is 1.34. The number of carbonyl (C=O) groups excluding carboxylic acids is 1. The molecule has 0 aliphatic rings. The molecule has 3 N–H and O–H groups in total. The van der Waals surface area contributed by atoms with E-state index in [1.165, 1.54) is 6.08 Å². The van der Waals surface area contributed by atoms with Gasteiger partial charge < -0.3 is 15.6 Å². The third kappa shape index (κ3) is 3.40. The van der Waals surface area contributed by atoms with Gasteiger partial charge in [-0.15, -0.1) is 0 Å². The first-order chi connectivity index (χ1) is 7.67. The first-order valence-electron chi connectivity index (χ1n) is 5.01. The molecular formula is C12H15NO3. The van der Waals surface area contributed by atoms with Crippen molar-refractivity contribution in [3.63, 3.8) is 0 Å². The summed E-state index contributed by atoms with van der Waals surface area (Å²) in [5.41, 5.74) is 7.61. The van der Waals surface area contributed by atoms with Crippen LogP contribution in [0, 0.1) is 0 Å².